The van der Waals surface area contributed by atoms with Crippen molar-refractivity contribution in [2.45, 2.75) is 56.5 Å². The van der Waals surface area contributed by atoms with Gasteiger partial charge in [0.1, 0.15) is 0 Å². The second-order valence-electron chi connectivity index (χ2n) is 8.32. The lowest BCUT2D eigenvalue weighted by Crippen LogP contribution is -2.48. The number of benzene rings is 2. The van der Waals surface area contributed by atoms with Crippen LogP contribution in [0.2, 0.25) is 0 Å². The molecule has 1 fully saturated rings. The molecule has 2 atom stereocenters. The quantitative estimate of drug-likeness (QED) is 0.380. The molecule has 2 aromatic carbocycles. The number of para-hydroxylation sites is 1. The number of hydrogen-bond acceptors (Lipinski definition) is 4. The van der Waals surface area contributed by atoms with Crippen LogP contribution in [0.5, 0.6) is 0 Å². The zero-order valence-corrected chi connectivity index (χ0v) is 19.1. The average Bonchev–Trinajstić information content (AvgIpc) is 2.77. The molecule has 0 N–H and O–H groups in total. The maximum Gasteiger partial charge on any atom is 0.416 e. The number of halogens is 3. The summed E-state index contributed by atoms with van der Waals surface area (Å²) >= 11 is 1.07. The van der Waals surface area contributed by atoms with E-state index in [1.54, 1.807) is 24.3 Å². The fourth-order valence-electron chi connectivity index (χ4n) is 4.37. The van der Waals surface area contributed by atoms with Gasteiger partial charge in [-0.2, -0.15) is 13.2 Å². The first-order chi connectivity index (χ1) is 15.7. The van der Waals surface area contributed by atoms with Gasteiger partial charge in [-0.05, 0) is 63.4 Å². The van der Waals surface area contributed by atoms with E-state index in [-0.39, 0.29) is 34.6 Å². The van der Waals surface area contributed by atoms with Gasteiger partial charge in [-0.1, -0.05) is 30.0 Å². The Labute approximate surface area is 193 Å². The molecular weight excluding hydrogens is 451 g/mol. The van der Waals surface area contributed by atoms with E-state index in [4.69, 9.17) is 0 Å². The van der Waals surface area contributed by atoms with Crippen LogP contribution in [-0.4, -0.2) is 38.2 Å². The number of carbonyl (C=O) groups is 1. The molecule has 174 valence electrons. The first-order valence-corrected chi connectivity index (χ1v) is 11.8. The van der Waals surface area contributed by atoms with E-state index in [1.807, 2.05) is 18.7 Å². The molecule has 0 aliphatic carbocycles. The monoisotopic (exact) mass is 475 g/mol. The number of rotatable bonds is 4. The Morgan fingerprint density at radius 3 is 2.48 bits per heavy atom. The van der Waals surface area contributed by atoms with Gasteiger partial charge in [0.05, 0.1) is 27.9 Å². The van der Waals surface area contributed by atoms with Gasteiger partial charge in [0.15, 0.2) is 5.16 Å². The van der Waals surface area contributed by atoms with Gasteiger partial charge in [-0.15, -0.1) is 0 Å². The van der Waals surface area contributed by atoms with E-state index >= 15 is 0 Å². The van der Waals surface area contributed by atoms with Gasteiger partial charge in [-0.3, -0.25) is 14.2 Å². The summed E-state index contributed by atoms with van der Waals surface area (Å²) < 4.78 is 41.1. The Morgan fingerprint density at radius 2 is 1.79 bits per heavy atom. The van der Waals surface area contributed by atoms with Gasteiger partial charge < -0.3 is 4.90 Å². The Kier molecular flexibility index (Phi) is 6.52. The van der Waals surface area contributed by atoms with Crippen LogP contribution in [0.4, 0.5) is 13.2 Å². The van der Waals surface area contributed by atoms with Crippen LogP contribution < -0.4 is 5.56 Å². The van der Waals surface area contributed by atoms with Crippen LogP contribution >= 0.6 is 11.8 Å². The smallest absolute Gasteiger partial charge is 0.337 e. The van der Waals surface area contributed by atoms with Crippen molar-refractivity contribution in [2.24, 2.45) is 0 Å². The van der Waals surface area contributed by atoms with Crippen molar-refractivity contribution < 1.29 is 18.0 Å². The van der Waals surface area contributed by atoms with E-state index in [0.717, 1.165) is 43.2 Å². The lowest BCUT2D eigenvalue weighted by Gasteiger charge is -2.39. The van der Waals surface area contributed by atoms with Gasteiger partial charge in [-0.25, -0.2) is 4.98 Å². The van der Waals surface area contributed by atoms with Crippen molar-refractivity contribution in [3.63, 3.8) is 0 Å². The topological polar surface area (TPSA) is 55.2 Å². The summed E-state index contributed by atoms with van der Waals surface area (Å²) in [6.07, 6.45) is -1.61. The number of thioether (sulfide) groups is 1. The second kappa shape index (κ2) is 9.21. The average molecular weight is 476 g/mol. The standard InChI is InChI=1S/C24H24F3N3O2S/c1-15-7-5-8-16(2)29(15)21(31)14-33-23-28-20-12-4-3-11-19(20)22(32)30(23)18-10-6-9-17(13-18)24(25,26)27/h3-4,6,9-13,15-16H,5,7-8,14H2,1-2H3. The molecule has 1 saturated heterocycles. The Morgan fingerprint density at radius 1 is 1.09 bits per heavy atom. The Hall–Kier alpha value is -2.81. The summed E-state index contributed by atoms with van der Waals surface area (Å²) in [5.74, 6) is -0.0315. The molecule has 9 heteroatoms. The first-order valence-electron chi connectivity index (χ1n) is 10.8. The first kappa shape index (κ1) is 23.4. The summed E-state index contributed by atoms with van der Waals surface area (Å²) in [6, 6.07) is 11.5. The van der Waals surface area contributed by atoms with Crippen LogP contribution in [0.3, 0.4) is 0 Å². The summed E-state index contributed by atoms with van der Waals surface area (Å²) in [5, 5.41) is 0.479. The van der Waals surface area contributed by atoms with E-state index in [0.29, 0.717) is 10.9 Å². The van der Waals surface area contributed by atoms with Crippen molar-refractivity contribution in [2.75, 3.05) is 5.75 Å². The molecule has 2 heterocycles. The zero-order chi connectivity index (χ0) is 23.8. The highest BCUT2D eigenvalue weighted by molar-refractivity contribution is 7.99. The molecular formula is C24H24F3N3O2S. The predicted octanol–water partition coefficient (Wildman–Crippen LogP) is 5.29. The van der Waals surface area contributed by atoms with Gasteiger partial charge in [0.2, 0.25) is 5.91 Å². The lowest BCUT2D eigenvalue weighted by atomic mass is 9.98. The summed E-state index contributed by atoms with van der Waals surface area (Å²) in [7, 11) is 0. The lowest BCUT2D eigenvalue weighted by molar-refractivity contribution is -0.137. The molecule has 0 bridgehead atoms. The minimum absolute atomic E-state index is 0.0401. The van der Waals surface area contributed by atoms with Crippen LogP contribution in [0.15, 0.2) is 58.5 Å². The molecule has 1 amide bonds. The third kappa shape index (κ3) is 4.78. The van der Waals surface area contributed by atoms with E-state index in [1.165, 1.54) is 16.7 Å². The van der Waals surface area contributed by atoms with Gasteiger partial charge in [0, 0.05) is 12.1 Å². The van der Waals surface area contributed by atoms with Crippen molar-refractivity contribution in [1.29, 1.82) is 0 Å². The molecule has 1 aliphatic heterocycles. The highest BCUT2D eigenvalue weighted by Crippen LogP contribution is 2.31. The number of alkyl halides is 3. The molecule has 0 radical (unpaired) electrons. The molecule has 2 unspecified atom stereocenters. The van der Waals surface area contributed by atoms with Crippen LogP contribution in [-0.2, 0) is 11.0 Å². The Balaban J connectivity index is 1.75. The number of carbonyl (C=O) groups excluding carboxylic acids is 1. The normalized spacial score (nSPS) is 19.1. The number of piperidine rings is 1. The number of aromatic nitrogens is 2. The van der Waals surface area contributed by atoms with Crippen molar-refractivity contribution in [1.82, 2.24) is 14.5 Å². The SMILES string of the molecule is CC1CCCC(C)N1C(=O)CSc1nc2ccccc2c(=O)n1-c1cccc(C(F)(F)F)c1. The molecule has 5 nitrogen and oxygen atoms in total. The molecule has 0 spiro atoms. The molecule has 0 saturated carbocycles. The maximum absolute atomic E-state index is 13.3. The summed E-state index contributed by atoms with van der Waals surface area (Å²) in [4.78, 5) is 32.7. The summed E-state index contributed by atoms with van der Waals surface area (Å²) in [6.45, 7) is 4.04. The predicted molar refractivity (Wildman–Crippen MR) is 123 cm³/mol. The zero-order valence-electron chi connectivity index (χ0n) is 18.3. The van der Waals surface area contributed by atoms with Crippen molar-refractivity contribution in [3.05, 3.63) is 64.4 Å². The van der Waals surface area contributed by atoms with Gasteiger partial charge in [0.25, 0.3) is 5.56 Å². The molecule has 33 heavy (non-hydrogen) atoms. The molecule has 3 aromatic rings. The van der Waals surface area contributed by atoms with E-state index in [2.05, 4.69) is 4.98 Å². The molecule has 4 rings (SSSR count). The minimum Gasteiger partial charge on any atom is -0.337 e. The third-order valence-electron chi connectivity index (χ3n) is 5.98. The van der Waals surface area contributed by atoms with Crippen LogP contribution in [0, 0.1) is 0 Å². The Bertz CT molecular complexity index is 1230. The third-order valence-corrected chi connectivity index (χ3v) is 6.91. The molecule has 1 aliphatic rings. The van der Waals surface area contributed by atoms with Crippen molar-refractivity contribution >= 4 is 28.6 Å². The second-order valence-corrected chi connectivity index (χ2v) is 9.26. The summed E-state index contributed by atoms with van der Waals surface area (Å²) in [5.41, 5.74) is -0.847. The number of amides is 1. The minimum atomic E-state index is -4.55. The van der Waals surface area contributed by atoms with Crippen molar-refractivity contribution in [3.8, 4) is 5.69 Å². The van der Waals surface area contributed by atoms with E-state index < -0.39 is 17.3 Å². The number of likely N-dealkylation sites (tertiary alicyclic amines) is 1. The van der Waals surface area contributed by atoms with Gasteiger partial charge >= 0.3 is 6.18 Å². The maximum atomic E-state index is 13.3. The number of hydrogen-bond donors (Lipinski definition) is 0. The highest BCUT2D eigenvalue weighted by atomic mass is 32.2. The fraction of sp³-hybridized carbons (Fsp3) is 0.375. The highest BCUT2D eigenvalue weighted by Gasteiger charge is 2.31. The molecule has 1 aromatic heterocycles. The van der Waals surface area contributed by atoms with Crippen LogP contribution in [0.1, 0.15) is 38.7 Å². The van der Waals surface area contributed by atoms with E-state index in [9.17, 15) is 22.8 Å². The number of fused-ring (bicyclic) bond motifs is 1. The largest absolute Gasteiger partial charge is 0.416 e. The van der Waals surface area contributed by atoms with Crippen LogP contribution in [0.25, 0.3) is 16.6 Å². The number of nitrogens with zero attached hydrogens (tertiary/aromatic N) is 3. The fourth-order valence-corrected chi connectivity index (χ4v) is 5.25.